The number of allylic oxidation sites excluding steroid dienone is 5. The molecule has 0 bridgehead atoms. The van der Waals surface area contributed by atoms with Gasteiger partial charge in [0, 0.05) is 6.42 Å². The first-order chi connectivity index (χ1) is 36.3. The number of nitrogens with one attached hydrogen (secondary N) is 1. The molecule has 0 spiro atoms. The Bertz CT molecular complexity index is 1520. The first kappa shape index (κ1) is 67.3. The zero-order valence-electron chi connectivity index (χ0n) is 45.3. The summed E-state index contributed by atoms with van der Waals surface area (Å²) in [6.45, 7) is 1.63. The lowest BCUT2D eigenvalue weighted by molar-refractivity contribution is -0.379. The van der Waals surface area contributed by atoms with E-state index in [4.69, 9.17) is 28.4 Å². The molecule has 0 aromatic carbocycles. The van der Waals surface area contributed by atoms with Crippen LogP contribution in [0.25, 0.3) is 0 Å². The number of hydrogen-bond donors (Lipinski definition) is 12. The summed E-state index contributed by atoms with van der Waals surface area (Å²) >= 11 is 0. The van der Waals surface area contributed by atoms with E-state index in [1.807, 2.05) is 6.08 Å². The highest BCUT2D eigenvalue weighted by atomic mass is 16.8. The van der Waals surface area contributed by atoms with Crippen molar-refractivity contribution in [1.82, 2.24) is 5.32 Å². The summed E-state index contributed by atoms with van der Waals surface area (Å²) < 4.78 is 34.2. The molecule has 12 N–H and O–H groups in total. The molecule has 3 saturated heterocycles. The van der Waals surface area contributed by atoms with Crippen molar-refractivity contribution in [1.29, 1.82) is 0 Å². The molecule has 17 atom stereocenters. The van der Waals surface area contributed by atoms with Crippen LogP contribution in [0.2, 0.25) is 0 Å². The number of aliphatic hydroxyl groups excluding tert-OH is 11. The van der Waals surface area contributed by atoms with Crippen molar-refractivity contribution in [3.63, 3.8) is 0 Å². The van der Waals surface area contributed by atoms with E-state index in [-0.39, 0.29) is 18.9 Å². The Hall–Kier alpha value is -1.99. The van der Waals surface area contributed by atoms with Crippen LogP contribution in [0, 0.1) is 0 Å². The molecule has 0 saturated carbocycles. The maximum Gasteiger partial charge on any atom is 0.220 e. The lowest BCUT2D eigenvalue weighted by Gasteiger charge is -2.48. The van der Waals surface area contributed by atoms with Crippen LogP contribution in [0.4, 0.5) is 0 Å². The molecule has 75 heavy (non-hydrogen) atoms. The van der Waals surface area contributed by atoms with Gasteiger partial charge in [-0.3, -0.25) is 4.79 Å². The number of ether oxygens (including phenoxy) is 6. The first-order valence-corrected chi connectivity index (χ1v) is 28.7. The smallest absolute Gasteiger partial charge is 0.220 e. The molecular weight excluding hydrogens is 975 g/mol. The Morgan fingerprint density at radius 2 is 0.907 bits per heavy atom. The predicted molar refractivity (Wildman–Crippen MR) is 282 cm³/mol. The topological polar surface area (TPSA) is 307 Å². The zero-order chi connectivity index (χ0) is 54.8. The number of rotatable bonds is 41. The second kappa shape index (κ2) is 40.2. The van der Waals surface area contributed by atoms with E-state index in [0.717, 1.165) is 77.0 Å². The highest BCUT2D eigenvalue weighted by Crippen LogP contribution is 2.33. The second-order valence-corrected chi connectivity index (χ2v) is 20.8. The van der Waals surface area contributed by atoms with Crippen LogP contribution in [0.5, 0.6) is 0 Å². The summed E-state index contributed by atoms with van der Waals surface area (Å²) in [5, 5.41) is 120. The average Bonchev–Trinajstić information content (AvgIpc) is 3.41. The Morgan fingerprint density at radius 1 is 0.480 bits per heavy atom. The van der Waals surface area contributed by atoms with E-state index in [2.05, 4.69) is 43.5 Å². The summed E-state index contributed by atoms with van der Waals surface area (Å²) in [6.07, 6.45) is 14.2. The summed E-state index contributed by atoms with van der Waals surface area (Å²) in [6, 6.07) is -0.978. The minimum Gasteiger partial charge on any atom is -0.394 e. The van der Waals surface area contributed by atoms with Crippen molar-refractivity contribution in [2.45, 2.75) is 285 Å². The molecule has 19 nitrogen and oxygen atoms in total. The molecule has 0 aromatic rings. The Morgan fingerprint density at radius 3 is 1.41 bits per heavy atom. The van der Waals surface area contributed by atoms with E-state index < -0.39 is 124 Å². The van der Waals surface area contributed by atoms with Gasteiger partial charge in [-0.15, -0.1) is 0 Å². The van der Waals surface area contributed by atoms with Crippen molar-refractivity contribution >= 4 is 5.91 Å². The number of hydrogen-bond acceptors (Lipinski definition) is 18. The number of unbranched alkanes of at least 4 members (excludes halogenated alkanes) is 21. The molecule has 3 fully saturated rings. The van der Waals surface area contributed by atoms with Crippen molar-refractivity contribution in [3.8, 4) is 0 Å². The Balaban J connectivity index is 1.53. The number of aliphatic hydroxyl groups is 11. The predicted octanol–water partition coefficient (Wildman–Crippen LogP) is 4.15. The van der Waals surface area contributed by atoms with Crippen LogP contribution in [0.15, 0.2) is 36.5 Å². The van der Waals surface area contributed by atoms with Crippen LogP contribution in [-0.4, -0.2) is 193 Å². The zero-order valence-corrected chi connectivity index (χ0v) is 45.3. The van der Waals surface area contributed by atoms with E-state index in [9.17, 15) is 61.0 Å². The van der Waals surface area contributed by atoms with Gasteiger partial charge < -0.3 is 89.9 Å². The molecule has 0 radical (unpaired) electrons. The largest absolute Gasteiger partial charge is 0.394 e. The lowest BCUT2D eigenvalue weighted by atomic mass is 9.96. The number of amides is 1. The quantitative estimate of drug-likeness (QED) is 0.0302. The van der Waals surface area contributed by atoms with E-state index in [0.29, 0.717) is 6.42 Å². The van der Waals surface area contributed by atoms with Crippen LogP contribution < -0.4 is 5.32 Å². The van der Waals surface area contributed by atoms with Gasteiger partial charge in [0.25, 0.3) is 0 Å². The van der Waals surface area contributed by atoms with Crippen LogP contribution in [0.3, 0.4) is 0 Å². The Labute approximate surface area is 447 Å². The fourth-order valence-electron chi connectivity index (χ4n) is 9.64. The molecular formula is C56H101NO18. The normalized spacial score (nSPS) is 31.5. The van der Waals surface area contributed by atoms with Crippen molar-refractivity contribution in [2.24, 2.45) is 0 Å². The molecule has 3 rings (SSSR count). The van der Waals surface area contributed by atoms with Gasteiger partial charge in [-0.1, -0.05) is 166 Å². The fraction of sp³-hybridized carbons (Fsp3) is 0.875. The highest BCUT2D eigenvalue weighted by molar-refractivity contribution is 5.76. The molecule has 3 heterocycles. The molecule has 0 aliphatic carbocycles. The third-order valence-corrected chi connectivity index (χ3v) is 14.4. The maximum atomic E-state index is 13.3. The Kier molecular flexibility index (Phi) is 36.1. The molecule has 17 unspecified atom stereocenters. The third kappa shape index (κ3) is 24.9. The van der Waals surface area contributed by atoms with Crippen LogP contribution in [0.1, 0.15) is 181 Å². The molecule has 0 aromatic heterocycles. The molecule has 1 amide bonds. The third-order valence-electron chi connectivity index (χ3n) is 14.4. The maximum absolute atomic E-state index is 13.3. The van der Waals surface area contributed by atoms with Crippen molar-refractivity contribution in [2.75, 3.05) is 26.4 Å². The number of carbonyl (C=O) groups is 1. The van der Waals surface area contributed by atoms with E-state index >= 15 is 0 Å². The van der Waals surface area contributed by atoms with Gasteiger partial charge in [-0.25, -0.2) is 0 Å². The molecule has 3 aliphatic heterocycles. The van der Waals surface area contributed by atoms with Gasteiger partial charge in [0.1, 0.15) is 73.2 Å². The summed E-state index contributed by atoms with van der Waals surface area (Å²) in [5.74, 6) is -0.292. The first-order valence-electron chi connectivity index (χ1n) is 28.7. The average molecular weight is 1080 g/mol. The fourth-order valence-corrected chi connectivity index (χ4v) is 9.64. The van der Waals surface area contributed by atoms with Crippen LogP contribution >= 0.6 is 0 Å². The summed E-state index contributed by atoms with van der Waals surface area (Å²) in [4.78, 5) is 13.3. The highest BCUT2D eigenvalue weighted by Gasteiger charge is 2.53. The van der Waals surface area contributed by atoms with Gasteiger partial charge >= 0.3 is 0 Å². The van der Waals surface area contributed by atoms with E-state index in [1.54, 1.807) is 6.08 Å². The van der Waals surface area contributed by atoms with Crippen molar-refractivity contribution < 1.29 is 89.4 Å². The minimum atomic E-state index is -1.98. The number of carbonyl (C=O) groups excluding carboxylic acids is 1. The summed E-state index contributed by atoms with van der Waals surface area (Å²) in [7, 11) is 0. The standard InChI is InChI=1S/C56H101NO18/c1-3-5-7-9-11-13-15-17-18-19-20-22-23-25-27-29-31-33-40(61)39(57-44(62)34-32-30-28-26-24-21-16-14-12-10-8-6-4-2)38-70-54-50(68)47(65)52(42(36-59)72-54)75-56-51(69)48(66)53(43(37-60)73-56)74-55-49(67)46(64)45(63)41(35-58)71-55/h8,10,14,16,31,33,39-43,45-56,58-61,63-69H,3-7,9,11-13,15,17-30,32,34-38H2,1-2H3,(H,57,62)/b10-8-,16-14-,33-31+. The molecule has 438 valence electrons. The van der Waals surface area contributed by atoms with Gasteiger partial charge in [-0.05, 0) is 44.9 Å². The van der Waals surface area contributed by atoms with Gasteiger partial charge in [-0.2, -0.15) is 0 Å². The van der Waals surface area contributed by atoms with Crippen molar-refractivity contribution in [3.05, 3.63) is 36.5 Å². The summed E-state index contributed by atoms with van der Waals surface area (Å²) in [5.41, 5.74) is 0. The molecule has 19 heteroatoms. The molecule has 3 aliphatic rings. The van der Waals surface area contributed by atoms with Gasteiger partial charge in [0.15, 0.2) is 18.9 Å². The lowest BCUT2D eigenvalue weighted by Crippen LogP contribution is -2.66. The van der Waals surface area contributed by atoms with E-state index in [1.165, 1.54) is 77.0 Å². The van der Waals surface area contributed by atoms with Crippen LogP contribution in [-0.2, 0) is 33.2 Å². The minimum absolute atomic E-state index is 0.227. The van der Waals surface area contributed by atoms with Gasteiger partial charge in [0.2, 0.25) is 5.91 Å². The SMILES string of the molecule is CCC/C=C\C/C=C\CCCCCCCC(=O)NC(COC1OC(CO)C(OC2OC(CO)C(OC3OC(CO)C(O)C(O)C3O)C(O)C2O)C(O)C1O)C(O)/C=C/CCCCCCCCCCCCCCCCC. The van der Waals surface area contributed by atoms with Gasteiger partial charge in [0.05, 0.1) is 38.6 Å². The second-order valence-electron chi connectivity index (χ2n) is 20.8. The monoisotopic (exact) mass is 1080 g/mol.